The predicted octanol–water partition coefficient (Wildman–Crippen LogP) is 1.67. The van der Waals surface area contributed by atoms with Crippen LogP contribution in [-0.4, -0.2) is 36.6 Å². The van der Waals surface area contributed by atoms with Crippen LogP contribution < -0.4 is 0 Å². The molecule has 14 heavy (non-hydrogen) atoms. The molecule has 0 aromatic carbocycles. The molecule has 3 nitrogen and oxygen atoms in total. The quantitative estimate of drug-likeness (QED) is 0.677. The Kier molecular flexibility index (Phi) is 3.93. The lowest BCUT2D eigenvalue weighted by Crippen LogP contribution is -2.48. The number of carbonyl (C=O) groups excluding carboxylic acids is 1. The first-order valence-electron chi connectivity index (χ1n) is 5.39. The van der Waals surface area contributed by atoms with E-state index < -0.39 is 0 Å². The number of amides is 1. The van der Waals surface area contributed by atoms with E-state index in [0.29, 0.717) is 12.0 Å². The molecule has 1 saturated heterocycles. The van der Waals surface area contributed by atoms with Crippen LogP contribution in [0.5, 0.6) is 0 Å². The average molecular weight is 199 g/mol. The highest BCUT2D eigenvalue weighted by Crippen LogP contribution is 2.22. The molecule has 82 valence electrons. The molecule has 0 saturated carbocycles. The van der Waals surface area contributed by atoms with Gasteiger partial charge in [0.1, 0.15) is 6.10 Å². The lowest BCUT2D eigenvalue weighted by molar-refractivity contribution is -0.145. The number of likely N-dealkylation sites (tertiary alicyclic amines) is 1. The van der Waals surface area contributed by atoms with Gasteiger partial charge in [0, 0.05) is 19.7 Å². The summed E-state index contributed by atoms with van der Waals surface area (Å²) < 4.78 is 5.06. The van der Waals surface area contributed by atoms with Crippen LogP contribution in [0.2, 0.25) is 0 Å². The molecule has 3 atom stereocenters. The van der Waals surface area contributed by atoms with Crippen LogP contribution in [-0.2, 0) is 9.53 Å². The summed E-state index contributed by atoms with van der Waals surface area (Å²) in [4.78, 5) is 13.8. The average Bonchev–Trinajstić information content (AvgIpc) is 2.19. The van der Waals surface area contributed by atoms with E-state index in [0.717, 1.165) is 13.0 Å². The summed E-state index contributed by atoms with van der Waals surface area (Å²) in [5.74, 6) is 0.755. The molecule has 3 unspecified atom stereocenters. The fourth-order valence-electron chi connectivity index (χ4n) is 1.93. The fourth-order valence-corrected chi connectivity index (χ4v) is 1.93. The van der Waals surface area contributed by atoms with Gasteiger partial charge in [-0.3, -0.25) is 4.79 Å². The second-order valence-corrected chi connectivity index (χ2v) is 4.40. The second-order valence-electron chi connectivity index (χ2n) is 4.40. The topological polar surface area (TPSA) is 29.5 Å². The number of nitrogens with zero attached hydrogens (tertiary/aromatic N) is 1. The maximum atomic E-state index is 11.9. The minimum Gasteiger partial charge on any atom is -0.372 e. The molecule has 0 aromatic rings. The molecule has 1 aliphatic heterocycles. The Morgan fingerprint density at radius 1 is 1.43 bits per heavy atom. The number of carbonyl (C=O) groups is 1. The van der Waals surface area contributed by atoms with Crippen LogP contribution in [0.25, 0.3) is 0 Å². The zero-order chi connectivity index (χ0) is 10.7. The Balaban J connectivity index is 2.60. The third kappa shape index (κ3) is 2.47. The lowest BCUT2D eigenvalue weighted by Gasteiger charge is -2.37. The molecule has 0 N–H and O–H groups in total. The molecule has 0 aromatic heterocycles. The van der Waals surface area contributed by atoms with Gasteiger partial charge in [0.05, 0.1) is 0 Å². The Morgan fingerprint density at radius 2 is 2.07 bits per heavy atom. The lowest BCUT2D eigenvalue weighted by atomic mass is 9.94. The van der Waals surface area contributed by atoms with E-state index in [1.807, 2.05) is 11.8 Å². The number of piperidine rings is 1. The van der Waals surface area contributed by atoms with Gasteiger partial charge in [-0.05, 0) is 32.6 Å². The summed E-state index contributed by atoms with van der Waals surface area (Å²) in [6.07, 6.45) is 2.04. The highest BCUT2D eigenvalue weighted by molar-refractivity contribution is 5.80. The number of hydrogen-bond donors (Lipinski definition) is 0. The van der Waals surface area contributed by atoms with Gasteiger partial charge in [-0.2, -0.15) is 0 Å². The van der Waals surface area contributed by atoms with Gasteiger partial charge in [-0.25, -0.2) is 0 Å². The summed E-state index contributed by atoms with van der Waals surface area (Å²) >= 11 is 0. The molecule has 1 aliphatic rings. The minimum atomic E-state index is -0.303. The molecule has 1 heterocycles. The van der Waals surface area contributed by atoms with Gasteiger partial charge in [0.25, 0.3) is 5.91 Å². The predicted molar refractivity (Wildman–Crippen MR) is 56.0 cm³/mol. The highest BCUT2D eigenvalue weighted by atomic mass is 16.5. The van der Waals surface area contributed by atoms with Crippen molar-refractivity contribution in [2.45, 2.75) is 45.8 Å². The van der Waals surface area contributed by atoms with Gasteiger partial charge in [-0.1, -0.05) is 6.92 Å². The Bertz CT molecular complexity index is 205. The Morgan fingerprint density at radius 3 is 2.64 bits per heavy atom. The monoisotopic (exact) mass is 199 g/mol. The summed E-state index contributed by atoms with van der Waals surface area (Å²) in [5.41, 5.74) is 0. The first-order chi connectivity index (χ1) is 6.56. The standard InChI is InChI=1S/C11H21NO2/c1-8-5-6-9(2)12(7-8)11(13)10(3)14-4/h8-10H,5-7H2,1-4H3. The number of hydrogen-bond acceptors (Lipinski definition) is 2. The van der Waals surface area contributed by atoms with Crippen molar-refractivity contribution in [1.82, 2.24) is 4.90 Å². The van der Waals surface area contributed by atoms with E-state index in [1.165, 1.54) is 6.42 Å². The molecule has 0 bridgehead atoms. The van der Waals surface area contributed by atoms with Gasteiger partial charge >= 0.3 is 0 Å². The van der Waals surface area contributed by atoms with Crippen molar-refractivity contribution in [2.75, 3.05) is 13.7 Å². The van der Waals surface area contributed by atoms with Crippen LogP contribution in [0.15, 0.2) is 0 Å². The Labute approximate surface area is 86.4 Å². The zero-order valence-corrected chi connectivity index (χ0v) is 9.62. The third-order valence-corrected chi connectivity index (χ3v) is 3.10. The van der Waals surface area contributed by atoms with Crippen molar-refractivity contribution in [3.05, 3.63) is 0 Å². The number of rotatable bonds is 2. The van der Waals surface area contributed by atoms with Gasteiger partial charge in [-0.15, -0.1) is 0 Å². The van der Waals surface area contributed by atoms with E-state index in [1.54, 1.807) is 7.11 Å². The maximum absolute atomic E-state index is 11.9. The first kappa shape index (κ1) is 11.5. The van der Waals surface area contributed by atoms with Crippen molar-refractivity contribution in [1.29, 1.82) is 0 Å². The van der Waals surface area contributed by atoms with Crippen LogP contribution in [0.4, 0.5) is 0 Å². The van der Waals surface area contributed by atoms with E-state index in [2.05, 4.69) is 13.8 Å². The van der Waals surface area contributed by atoms with Crippen molar-refractivity contribution < 1.29 is 9.53 Å². The molecule has 0 radical (unpaired) electrons. The minimum absolute atomic E-state index is 0.131. The van der Waals surface area contributed by atoms with E-state index in [-0.39, 0.29) is 12.0 Å². The Hall–Kier alpha value is -0.570. The molecule has 1 fully saturated rings. The maximum Gasteiger partial charge on any atom is 0.251 e. The SMILES string of the molecule is COC(C)C(=O)N1CC(C)CCC1C. The molecule has 0 spiro atoms. The third-order valence-electron chi connectivity index (χ3n) is 3.10. The van der Waals surface area contributed by atoms with Crippen molar-refractivity contribution in [3.63, 3.8) is 0 Å². The molecule has 1 amide bonds. The van der Waals surface area contributed by atoms with E-state index in [4.69, 9.17) is 4.74 Å². The van der Waals surface area contributed by atoms with Crippen LogP contribution in [0.3, 0.4) is 0 Å². The molecule has 0 aliphatic carbocycles. The van der Waals surface area contributed by atoms with Crippen molar-refractivity contribution >= 4 is 5.91 Å². The molecule has 3 heteroatoms. The number of methoxy groups -OCH3 is 1. The number of ether oxygens (including phenoxy) is 1. The van der Waals surface area contributed by atoms with E-state index >= 15 is 0 Å². The van der Waals surface area contributed by atoms with Gasteiger partial charge in [0.2, 0.25) is 0 Å². The highest BCUT2D eigenvalue weighted by Gasteiger charge is 2.29. The van der Waals surface area contributed by atoms with Crippen molar-refractivity contribution in [3.8, 4) is 0 Å². The smallest absolute Gasteiger partial charge is 0.251 e. The second kappa shape index (κ2) is 4.78. The van der Waals surface area contributed by atoms with Gasteiger partial charge in [0.15, 0.2) is 0 Å². The zero-order valence-electron chi connectivity index (χ0n) is 9.62. The van der Waals surface area contributed by atoms with Crippen LogP contribution in [0.1, 0.15) is 33.6 Å². The molecular weight excluding hydrogens is 178 g/mol. The fraction of sp³-hybridized carbons (Fsp3) is 0.909. The molecule has 1 rings (SSSR count). The summed E-state index contributed by atoms with van der Waals surface area (Å²) in [6.45, 7) is 7.01. The summed E-state index contributed by atoms with van der Waals surface area (Å²) in [6, 6.07) is 0.372. The molecular formula is C11H21NO2. The van der Waals surface area contributed by atoms with Crippen molar-refractivity contribution in [2.24, 2.45) is 5.92 Å². The summed E-state index contributed by atoms with van der Waals surface area (Å²) in [5, 5.41) is 0. The first-order valence-corrected chi connectivity index (χ1v) is 5.39. The van der Waals surface area contributed by atoms with Crippen LogP contribution >= 0.6 is 0 Å². The largest absolute Gasteiger partial charge is 0.372 e. The van der Waals surface area contributed by atoms with Crippen LogP contribution in [0, 0.1) is 5.92 Å². The summed E-state index contributed by atoms with van der Waals surface area (Å²) in [7, 11) is 1.58. The normalized spacial score (nSPS) is 30.1. The van der Waals surface area contributed by atoms with E-state index in [9.17, 15) is 4.79 Å². The van der Waals surface area contributed by atoms with Gasteiger partial charge < -0.3 is 9.64 Å².